The lowest BCUT2D eigenvalue weighted by molar-refractivity contribution is -0.137. The Kier molecular flexibility index (Phi) is 6.11. The molecule has 7 nitrogen and oxygen atoms in total. The van der Waals surface area contributed by atoms with E-state index in [0.717, 1.165) is 12.1 Å². The molecule has 0 saturated heterocycles. The number of hydrogen-bond acceptors (Lipinski definition) is 4. The van der Waals surface area contributed by atoms with Gasteiger partial charge in [0.2, 0.25) is 5.91 Å². The molecular formula is C19H21F3N6OS. The molecular weight excluding hydrogens is 417 g/mol. The fourth-order valence-corrected chi connectivity index (χ4v) is 3.49. The molecule has 2 aromatic heterocycles. The van der Waals surface area contributed by atoms with Gasteiger partial charge in [-0.15, -0.1) is 0 Å². The first kappa shape index (κ1) is 21.8. The molecule has 1 aromatic carbocycles. The summed E-state index contributed by atoms with van der Waals surface area (Å²) in [7, 11) is 0. The number of H-pyrrole nitrogens is 1. The highest BCUT2D eigenvalue weighted by molar-refractivity contribution is 7.71. The van der Waals surface area contributed by atoms with Crippen molar-refractivity contribution >= 4 is 18.1 Å². The van der Waals surface area contributed by atoms with Gasteiger partial charge in [-0.1, -0.05) is 6.07 Å². The van der Waals surface area contributed by atoms with Crippen molar-refractivity contribution in [2.45, 2.75) is 46.5 Å². The van der Waals surface area contributed by atoms with Gasteiger partial charge in [-0.3, -0.25) is 9.89 Å². The first-order chi connectivity index (χ1) is 14.1. The van der Waals surface area contributed by atoms with Crippen molar-refractivity contribution in [3.63, 3.8) is 0 Å². The van der Waals surface area contributed by atoms with E-state index >= 15 is 0 Å². The normalized spacial score (nSPS) is 11.7. The number of alkyl halides is 3. The van der Waals surface area contributed by atoms with E-state index in [4.69, 9.17) is 12.2 Å². The molecule has 0 aliphatic rings. The van der Waals surface area contributed by atoms with Gasteiger partial charge in [0.05, 0.1) is 29.9 Å². The molecule has 0 aliphatic carbocycles. The number of nitrogens with one attached hydrogen (secondary N) is 2. The third-order valence-corrected chi connectivity index (χ3v) is 5.11. The summed E-state index contributed by atoms with van der Waals surface area (Å²) in [5.41, 5.74) is 1.39. The maximum Gasteiger partial charge on any atom is 0.416 e. The van der Waals surface area contributed by atoms with E-state index in [0.29, 0.717) is 34.1 Å². The number of benzene rings is 1. The van der Waals surface area contributed by atoms with E-state index in [1.807, 2.05) is 6.92 Å². The van der Waals surface area contributed by atoms with Crippen LogP contribution in [0.15, 0.2) is 24.3 Å². The summed E-state index contributed by atoms with van der Waals surface area (Å²) in [6.45, 7) is 6.21. The topological polar surface area (TPSA) is 80.5 Å². The quantitative estimate of drug-likeness (QED) is 0.576. The summed E-state index contributed by atoms with van der Waals surface area (Å²) in [5.74, 6) is 0.366. The molecule has 0 fully saturated rings. The minimum absolute atomic E-state index is 0.0495. The molecule has 0 unspecified atom stereocenters. The highest BCUT2D eigenvalue weighted by Crippen LogP contribution is 2.30. The zero-order valence-corrected chi connectivity index (χ0v) is 17.5. The molecule has 0 atom stereocenters. The molecule has 160 valence electrons. The molecule has 0 radical (unpaired) electrons. The van der Waals surface area contributed by atoms with Gasteiger partial charge in [-0.05, 0) is 51.2 Å². The fraction of sp³-hybridized carbons (Fsp3) is 0.368. The summed E-state index contributed by atoms with van der Waals surface area (Å²) in [6.07, 6.45) is -4.39. The molecule has 3 rings (SSSR count). The maximum atomic E-state index is 13.0. The van der Waals surface area contributed by atoms with Gasteiger partial charge >= 0.3 is 6.18 Å². The molecule has 11 heteroatoms. The van der Waals surface area contributed by atoms with Crippen molar-refractivity contribution in [2.24, 2.45) is 0 Å². The highest BCUT2D eigenvalue weighted by atomic mass is 32.1. The van der Waals surface area contributed by atoms with Crippen LogP contribution in [0, 0.1) is 18.6 Å². The van der Waals surface area contributed by atoms with Crippen LogP contribution in [0.5, 0.6) is 0 Å². The highest BCUT2D eigenvalue weighted by Gasteiger charge is 2.30. The van der Waals surface area contributed by atoms with Crippen LogP contribution >= 0.6 is 12.2 Å². The molecule has 0 saturated carbocycles. The number of rotatable bonds is 6. The molecule has 30 heavy (non-hydrogen) atoms. The molecule has 0 aliphatic heterocycles. The molecule has 0 bridgehead atoms. The lowest BCUT2D eigenvalue weighted by atomic mass is 10.1. The lowest BCUT2D eigenvalue weighted by Crippen LogP contribution is -2.26. The van der Waals surface area contributed by atoms with E-state index in [1.165, 1.54) is 10.7 Å². The molecule has 0 spiro atoms. The maximum absolute atomic E-state index is 13.0. The predicted octanol–water partition coefficient (Wildman–Crippen LogP) is 3.64. The Bertz CT molecular complexity index is 1130. The van der Waals surface area contributed by atoms with Gasteiger partial charge in [0, 0.05) is 17.8 Å². The number of amides is 1. The number of carbonyl (C=O) groups excluding carboxylic acids is 1. The zero-order chi connectivity index (χ0) is 22.1. The van der Waals surface area contributed by atoms with E-state index < -0.39 is 11.7 Å². The van der Waals surface area contributed by atoms with Gasteiger partial charge in [-0.2, -0.15) is 23.4 Å². The Morgan fingerprint density at radius 3 is 2.70 bits per heavy atom. The first-order valence-electron chi connectivity index (χ1n) is 9.25. The van der Waals surface area contributed by atoms with Gasteiger partial charge in [0.25, 0.3) is 0 Å². The largest absolute Gasteiger partial charge is 0.416 e. The van der Waals surface area contributed by atoms with Crippen LogP contribution in [0.2, 0.25) is 0 Å². The fourth-order valence-electron chi connectivity index (χ4n) is 3.21. The van der Waals surface area contributed by atoms with Crippen molar-refractivity contribution in [3.05, 3.63) is 57.4 Å². The number of carbonyl (C=O) groups is 1. The lowest BCUT2D eigenvalue weighted by Gasteiger charge is -2.10. The summed E-state index contributed by atoms with van der Waals surface area (Å²) in [5, 5.41) is 13.9. The second-order valence-corrected chi connectivity index (χ2v) is 7.14. The predicted molar refractivity (Wildman–Crippen MR) is 107 cm³/mol. The van der Waals surface area contributed by atoms with Crippen LogP contribution in [0.1, 0.15) is 35.3 Å². The molecule has 2 N–H and O–H groups in total. The van der Waals surface area contributed by atoms with E-state index in [-0.39, 0.29) is 24.6 Å². The van der Waals surface area contributed by atoms with Crippen LogP contribution in [-0.2, 0) is 30.5 Å². The number of aryl methyl sites for hydroxylation is 1. The monoisotopic (exact) mass is 438 g/mol. The summed E-state index contributed by atoms with van der Waals surface area (Å²) >= 11 is 5.12. The Morgan fingerprint density at radius 1 is 1.30 bits per heavy atom. The van der Waals surface area contributed by atoms with Crippen LogP contribution in [0.25, 0.3) is 5.69 Å². The number of hydrogen-bond donors (Lipinski definition) is 2. The smallest absolute Gasteiger partial charge is 0.349 e. The SMILES string of the molecule is CCn1c(CNC(=O)Cc2c(C)nn(-c3cccc(C(F)(F)F)c3)c2C)n[nH]c1=S. The number of halogens is 3. The van der Waals surface area contributed by atoms with Gasteiger partial charge in [0.1, 0.15) is 0 Å². The van der Waals surface area contributed by atoms with Crippen LogP contribution in [0.3, 0.4) is 0 Å². The summed E-state index contributed by atoms with van der Waals surface area (Å²) < 4.78 is 42.8. The van der Waals surface area contributed by atoms with Crippen molar-refractivity contribution in [1.29, 1.82) is 0 Å². The number of nitrogens with zero attached hydrogens (tertiary/aromatic N) is 4. The summed E-state index contributed by atoms with van der Waals surface area (Å²) in [6, 6.07) is 4.93. The van der Waals surface area contributed by atoms with Crippen molar-refractivity contribution < 1.29 is 18.0 Å². The number of aromatic amines is 1. The second-order valence-electron chi connectivity index (χ2n) is 6.75. The summed E-state index contributed by atoms with van der Waals surface area (Å²) in [4.78, 5) is 12.5. The van der Waals surface area contributed by atoms with Gasteiger partial charge in [-0.25, -0.2) is 4.68 Å². The molecule has 3 aromatic rings. The third-order valence-electron chi connectivity index (χ3n) is 4.79. The molecule has 2 heterocycles. The Hall–Kier alpha value is -2.95. The van der Waals surface area contributed by atoms with Crippen molar-refractivity contribution in [3.8, 4) is 5.69 Å². The van der Waals surface area contributed by atoms with Gasteiger partial charge < -0.3 is 9.88 Å². The van der Waals surface area contributed by atoms with E-state index in [9.17, 15) is 18.0 Å². The third kappa shape index (κ3) is 4.45. The zero-order valence-electron chi connectivity index (χ0n) is 16.7. The second kappa shape index (κ2) is 8.42. The van der Waals surface area contributed by atoms with E-state index in [2.05, 4.69) is 20.6 Å². The minimum atomic E-state index is -4.44. The van der Waals surface area contributed by atoms with Crippen LogP contribution in [0.4, 0.5) is 13.2 Å². The Labute approximate surface area is 175 Å². The first-order valence-corrected chi connectivity index (χ1v) is 9.66. The average Bonchev–Trinajstić information content (AvgIpc) is 3.19. The molecule has 1 amide bonds. The van der Waals surface area contributed by atoms with Gasteiger partial charge in [0.15, 0.2) is 10.6 Å². The van der Waals surface area contributed by atoms with Crippen LogP contribution in [-0.4, -0.2) is 30.5 Å². The van der Waals surface area contributed by atoms with Crippen molar-refractivity contribution in [2.75, 3.05) is 0 Å². The Morgan fingerprint density at radius 2 is 2.03 bits per heavy atom. The van der Waals surface area contributed by atoms with Crippen LogP contribution < -0.4 is 5.32 Å². The van der Waals surface area contributed by atoms with Crippen molar-refractivity contribution in [1.82, 2.24) is 29.9 Å². The standard InChI is InChI=1S/C19H21F3N6OS/c1-4-27-16(24-25-18(27)30)10-23-17(29)9-15-11(2)26-28(12(15)3)14-7-5-6-13(8-14)19(20,21)22/h5-8H,4,9-10H2,1-3H3,(H,23,29)(H,25,30). The minimum Gasteiger partial charge on any atom is -0.349 e. The van der Waals surface area contributed by atoms with E-state index in [1.54, 1.807) is 24.5 Å². The Balaban J connectivity index is 1.77. The number of aromatic nitrogens is 5. The average molecular weight is 438 g/mol.